The monoisotopic (exact) mass is 352 g/mol. The van der Waals surface area contributed by atoms with Crippen molar-refractivity contribution < 1.29 is 9.53 Å². The van der Waals surface area contributed by atoms with Crippen molar-refractivity contribution in [3.8, 4) is 0 Å². The largest absolute Gasteiger partial charge is 0.378 e. The van der Waals surface area contributed by atoms with Gasteiger partial charge in [0.25, 0.3) is 0 Å². The number of hydrogen-bond acceptors (Lipinski definition) is 3. The molecule has 1 heterocycles. The standard InChI is InChI=1S/C22H28N2O2/c1-17-4-5-20(14-18(17)2)15-22(25)23(3)16-19-6-8-21(9-7-19)24-10-12-26-13-11-24/h4-9,14H,10-13,15-16H2,1-3H3. The number of carbonyl (C=O) groups is 1. The van der Waals surface area contributed by atoms with Crippen molar-refractivity contribution in [2.45, 2.75) is 26.8 Å². The number of ether oxygens (including phenoxy) is 1. The first-order chi connectivity index (χ1) is 12.5. The molecule has 1 aliphatic rings. The first-order valence-electron chi connectivity index (χ1n) is 9.24. The molecule has 1 fully saturated rings. The predicted octanol–water partition coefficient (Wildman–Crippen LogP) is 3.34. The molecule has 1 aliphatic heterocycles. The first kappa shape index (κ1) is 18.5. The summed E-state index contributed by atoms with van der Waals surface area (Å²) in [6, 6.07) is 14.8. The maximum atomic E-state index is 12.5. The van der Waals surface area contributed by atoms with Crippen molar-refractivity contribution in [3.05, 3.63) is 64.7 Å². The van der Waals surface area contributed by atoms with Crippen molar-refractivity contribution in [2.24, 2.45) is 0 Å². The molecule has 1 saturated heterocycles. The van der Waals surface area contributed by atoms with Crippen LogP contribution in [-0.2, 0) is 22.5 Å². The molecule has 0 aromatic heterocycles. The van der Waals surface area contributed by atoms with Crippen LogP contribution in [0.4, 0.5) is 5.69 Å². The van der Waals surface area contributed by atoms with Gasteiger partial charge in [0, 0.05) is 32.4 Å². The Morgan fingerprint density at radius 2 is 1.65 bits per heavy atom. The van der Waals surface area contributed by atoms with Crippen molar-refractivity contribution in [3.63, 3.8) is 0 Å². The van der Waals surface area contributed by atoms with E-state index >= 15 is 0 Å². The van der Waals surface area contributed by atoms with Crippen LogP contribution in [0.2, 0.25) is 0 Å². The molecule has 2 aromatic rings. The molecular weight excluding hydrogens is 324 g/mol. The van der Waals surface area contributed by atoms with Crippen LogP contribution in [0.25, 0.3) is 0 Å². The van der Waals surface area contributed by atoms with Gasteiger partial charge in [0.2, 0.25) is 5.91 Å². The fourth-order valence-electron chi connectivity index (χ4n) is 3.22. The number of nitrogens with zero attached hydrogens (tertiary/aromatic N) is 2. The highest BCUT2D eigenvalue weighted by atomic mass is 16.5. The molecular formula is C22H28N2O2. The summed E-state index contributed by atoms with van der Waals surface area (Å²) < 4.78 is 5.40. The number of rotatable bonds is 5. The Kier molecular flexibility index (Phi) is 5.94. The maximum Gasteiger partial charge on any atom is 0.227 e. The number of anilines is 1. The van der Waals surface area contributed by atoms with Crippen LogP contribution in [0.15, 0.2) is 42.5 Å². The van der Waals surface area contributed by atoms with E-state index in [1.807, 2.05) is 13.1 Å². The summed E-state index contributed by atoms with van der Waals surface area (Å²) in [7, 11) is 1.87. The molecule has 4 nitrogen and oxygen atoms in total. The van der Waals surface area contributed by atoms with Crippen molar-refractivity contribution in [2.75, 3.05) is 38.3 Å². The van der Waals surface area contributed by atoms with Gasteiger partial charge in [0.15, 0.2) is 0 Å². The Labute approximate surface area is 156 Å². The van der Waals surface area contributed by atoms with Crippen LogP contribution >= 0.6 is 0 Å². The minimum atomic E-state index is 0.144. The van der Waals surface area contributed by atoms with E-state index in [0.29, 0.717) is 13.0 Å². The number of likely N-dealkylation sites (N-methyl/N-ethyl adjacent to an activating group) is 1. The summed E-state index contributed by atoms with van der Waals surface area (Å²) in [6.45, 7) is 8.26. The van der Waals surface area contributed by atoms with Crippen LogP contribution in [0.5, 0.6) is 0 Å². The van der Waals surface area contributed by atoms with Gasteiger partial charge in [-0.05, 0) is 48.2 Å². The fourth-order valence-corrected chi connectivity index (χ4v) is 3.22. The zero-order valence-corrected chi connectivity index (χ0v) is 16.0. The van der Waals surface area contributed by atoms with Crippen LogP contribution in [0, 0.1) is 13.8 Å². The summed E-state index contributed by atoms with van der Waals surface area (Å²) in [4.78, 5) is 16.7. The van der Waals surface area contributed by atoms with Gasteiger partial charge < -0.3 is 14.5 Å². The summed E-state index contributed by atoms with van der Waals surface area (Å²) in [5, 5.41) is 0. The third-order valence-electron chi connectivity index (χ3n) is 5.08. The van der Waals surface area contributed by atoms with E-state index < -0.39 is 0 Å². The topological polar surface area (TPSA) is 32.8 Å². The van der Waals surface area contributed by atoms with E-state index in [-0.39, 0.29) is 5.91 Å². The number of carbonyl (C=O) groups excluding carboxylic acids is 1. The van der Waals surface area contributed by atoms with Gasteiger partial charge in [-0.3, -0.25) is 4.79 Å². The highest BCUT2D eigenvalue weighted by Gasteiger charge is 2.13. The van der Waals surface area contributed by atoms with Crippen LogP contribution in [0.3, 0.4) is 0 Å². The molecule has 26 heavy (non-hydrogen) atoms. The fraction of sp³-hybridized carbons (Fsp3) is 0.409. The van der Waals surface area contributed by atoms with Gasteiger partial charge in [-0.15, -0.1) is 0 Å². The predicted molar refractivity (Wildman–Crippen MR) is 106 cm³/mol. The molecule has 138 valence electrons. The second-order valence-corrected chi connectivity index (χ2v) is 7.11. The third kappa shape index (κ3) is 4.64. The zero-order valence-electron chi connectivity index (χ0n) is 16.0. The van der Waals surface area contributed by atoms with Gasteiger partial charge in [-0.25, -0.2) is 0 Å². The highest BCUT2D eigenvalue weighted by Crippen LogP contribution is 2.18. The Morgan fingerprint density at radius 1 is 1.00 bits per heavy atom. The van der Waals surface area contributed by atoms with E-state index in [1.165, 1.54) is 16.8 Å². The summed E-state index contributed by atoms with van der Waals surface area (Å²) in [6.07, 6.45) is 0.448. The second-order valence-electron chi connectivity index (χ2n) is 7.11. The van der Waals surface area contributed by atoms with Gasteiger partial charge in [-0.1, -0.05) is 30.3 Å². The SMILES string of the molecule is Cc1ccc(CC(=O)N(C)Cc2ccc(N3CCOCC3)cc2)cc1C. The Balaban J connectivity index is 1.57. The maximum absolute atomic E-state index is 12.5. The van der Waals surface area contributed by atoms with E-state index in [0.717, 1.165) is 37.4 Å². The van der Waals surface area contributed by atoms with Crippen LogP contribution in [-0.4, -0.2) is 44.2 Å². The van der Waals surface area contributed by atoms with E-state index in [2.05, 4.69) is 55.1 Å². The first-order valence-corrected chi connectivity index (χ1v) is 9.24. The molecule has 0 N–H and O–H groups in total. The van der Waals surface area contributed by atoms with Crippen molar-refractivity contribution in [1.82, 2.24) is 4.90 Å². The van der Waals surface area contributed by atoms with Gasteiger partial charge in [0.05, 0.1) is 19.6 Å². The Bertz CT molecular complexity index is 749. The van der Waals surface area contributed by atoms with E-state index in [4.69, 9.17) is 4.74 Å². The van der Waals surface area contributed by atoms with E-state index in [9.17, 15) is 4.79 Å². The van der Waals surface area contributed by atoms with Crippen molar-refractivity contribution >= 4 is 11.6 Å². The number of morpholine rings is 1. The lowest BCUT2D eigenvalue weighted by atomic mass is 10.0. The molecule has 0 radical (unpaired) electrons. The highest BCUT2D eigenvalue weighted by molar-refractivity contribution is 5.78. The minimum absolute atomic E-state index is 0.144. The normalized spacial score (nSPS) is 14.3. The molecule has 0 bridgehead atoms. The molecule has 3 rings (SSSR count). The number of benzene rings is 2. The average Bonchev–Trinajstić information content (AvgIpc) is 2.66. The lowest BCUT2D eigenvalue weighted by Gasteiger charge is -2.29. The Morgan fingerprint density at radius 3 is 2.31 bits per heavy atom. The molecule has 0 unspecified atom stereocenters. The van der Waals surface area contributed by atoms with E-state index in [1.54, 1.807) is 4.90 Å². The summed E-state index contributed by atoms with van der Waals surface area (Å²) in [5.74, 6) is 0.144. The van der Waals surface area contributed by atoms with Crippen LogP contribution < -0.4 is 4.90 Å². The quantitative estimate of drug-likeness (QED) is 0.827. The average molecular weight is 352 g/mol. The number of hydrogen-bond donors (Lipinski definition) is 0. The molecule has 1 amide bonds. The van der Waals surface area contributed by atoms with Gasteiger partial charge in [-0.2, -0.15) is 0 Å². The van der Waals surface area contributed by atoms with Crippen molar-refractivity contribution in [1.29, 1.82) is 0 Å². The van der Waals surface area contributed by atoms with Gasteiger partial charge >= 0.3 is 0 Å². The molecule has 0 atom stereocenters. The number of aryl methyl sites for hydroxylation is 2. The number of amides is 1. The van der Waals surface area contributed by atoms with Gasteiger partial charge in [0.1, 0.15) is 0 Å². The lowest BCUT2D eigenvalue weighted by Crippen LogP contribution is -2.36. The summed E-state index contributed by atoms with van der Waals surface area (Å²) >= 11 is 0. The molecule has 0 saturated carbocycles. The third-order valence-corrected chi connectivity index (χ3v) is 5.08. The molecule has 4 heteroatoms. The minimum Gasteiger partial charge on any atom is -0.378 e. The molecule has 0 spiro atoms. The second kappa shape index (κ2) is 8.37. The Hall–Kier alpha value is -2.33. The zero-order chi connectivity index (χ0) is 18.5. The summed E-state index contributed by atoms with van der Waals surface area (Å²) in [5.41, 5.74) is 5.94. The molecule has 0 aliphatic carbocycles. The lowest BCUT2D eigenvalue weighted by molar-refractivity contribution is -0.129. The van der Waals surface area contributed by atoms with Crippen LogP contribution in [0.1, 0.15) is 22.3 Å². The molecule has 2 aromatic carbocycles. The smallest absolute Gasteiger partial charge is 0.227 e.